The molecule has 0 radical (unpaired) electrons. The van der Waals surface area contributed by atoms with Crippen LogP contribution in [0.2, 0.25) is 0 Å². The molecule has 0 saturated carbocycles. The molecule has 146 valence electrons. The van der Waals surface area contributed by atoms with Gasteiger partial charge in [-0.25, -0.2) is 4.98 Å². The Morgan fingerprint density at radius 2 is 2.14 bits per heavy atom. The molecule has 1 fully saturated rings. The second-order valence-electron chi connectivity index (χ2n) is 7.42. The molecule has 7 nitrogen and oxygen atoms in total. The van der Waals surface area contributed by atoms with Crippen LogP contribution in [0, 0.1) is 6.92 Å². The smallest absolute Gasteiger partial charge is 0.243 e. The Morgan fingerprint density at radius 3 is 2.82 bits per heavy atom. The summed E-state index contributed by atoms with van der Waals surface area (Å²) >= 11 is 0. The second kappa shape index (κ2) is 7.22. The Hall–Kier alpha value is -2.96. The molecule has 0 bridgehead atoms. The molecule has 3 aromatic rings. The number of fused-ring (bicyclic) bond motifs is 1. The molecule has 1 aliphatic rings. The van der Waals surface area contributed by atoms with Gasteiger partial charge in [0.15, 0.2) is 11.6 Å². The average Bonchev–Trinajstić information content (AvgIpc) is 3.39. The fourth-order valence-corrected chi connectivity index (χ4v) is 4.21. The van der Waals surface area contributed by atoms with E-state index in [1.54, 1.807) is 6.92 Å². The van der Waals surface area contributed by atoms with Gasteiger partial charge in [-0.1, -0.05) is 25.1 Å². The van der Waals surface area contributed by atoms with E-state index in [9.17, 15) is 9.59 Å². The van der Waals surface area contributed by atoms with Gasteiger partial charge in [0.1, 0.15) is 12.4 Å². The monoisotopic (exact) mass is 379 g/mol. The molecule has 1 saturated heterocycles. The van der Waals surface area contributed by atoms with Gasteiger partial charge < -0.3 is 9.47 Å². The highest BCUT2D eigenvalue weighted by Crippen LogP contribution is 2.31. The minimum atomic E-state index is -0.0859. The Labute approximate surface area is 163 Å². The van der Waals surface area contributed by atoms with Crippen molar-refractivity contribution in [2.75, 3.05) is 6.54 Å². The van der Waals surface area contributed by atoms with Crippen LogP contribution < -0.4 is 0 Å². The van der Waals surface area contributed by atoms with Crippen molar-refractivity contribution in [2.24, 2.45) is 0 Å². The number of H-pyrrole nitrogens is 1. The number of hydrogen-bond donors (Lipinski definition) is 1. The number of aromatic nitrogens is 4. The summed E-state index contributed by atoms with van der Waals surface area (Å²) in [7, 11) is 0. The maximum Gasteiger partial charge on any atom is 0.243 e. The quantitative estimate of drug-likeness (QED) is 0.690. The first-order chi connectivity index (χ1) is 13.5. The van der Waals surface area contributed by atoms with Crippen LogP contribution in [0.1, 0.15) is 60.3 Å². The Bertz CT molecular complexity index is 1050. The van der Waals surface area contributed by atoms with Gasteiger partial charge in [-0.05, 0) is 38.7 Å². The molecule has 1 aromatic carbocycles. The first kappa shape index (κ1) is 18.4. The van der Waals surface area contributed by atoms with E-state index in [1.807, 2.05) is 34.7 Å². The maximum atomic E-state index is 13.2. The van der Waals surface area contributed by atoms with E-state index in [0.717, 1.165) is 41.6 Å². The SMILES string of the molecule is CCc1cccc2c(C(C)=O)cn(CC(=O)N3CCCC3c3n[nH]c(C)n3)c12. The minimum absolute atomic E-state index is 0.0136. The molecular weight excluding hydrogens is 354 g/mol. The first-order valence-corrected chi connectivity index (χ1v) is 9.79. The zero-order chi connectivity index (χ0) is 19.8. The summed E-state index contributed by atoms with van der Waals surface area (Å²) < 4.78 is 1.94. The largest absolute Gasteiger partial charge is 0.337 e. The third-order valence-corrected chi connectivity index (χ3v) is 5.53. The van der Waals surface area contributed by atoms with Crippen molar-refractivity contribution in [3.63, 3.8) is 0 Å². The number of carbonyl (C=O) groups excluding carboxylic acids is 2. The summed E-state index contributed by atoms with van der Waals surface area (Å²) in [4.78, 5) is 31.6. The lowest BCUT2D eigenvalue weighted by atomic mass is 10.1. The highest BCUT2D eigenvalue weighted by molar-refractivity contribution is 6.07. The predicted octanol–water partition coefficient (Wildman–Crippen LogP) is 3.20. The number of carbonyl (C=O) groups is 2. The molecule has 2 aromatic heterocycles. The van der Waals surface area contributed by atoms with E-state index >= 15 is 0 Å². The minimum Gasteiger partial charge on any atom is -0.337 e. The highest BCUT2D eigenvalue weighted by atomic mass is 16.2. The van der Waals surface area contributed by atoms with Crippen molar-refractivity contribution in [2.45, 2.75) is 52.6 Å². The van der Waals surface area contributed by atoms with Gasteiger partial charge in [-0.15, -0.1) is 0 Å². The second-order valence-corrected chi connectivity index (χ2v) is 7.42. The highest BCUT2D eigenvalue weighted by Gasteiger charge is 2.33. The first-order valence-electron chi connectivity index (χ1n) is 9.79. The molecule has 1 unspecified atom stereocenters. The number of hydrogen-bond acceptors (Lipinski definition) is 4. The lowest BCUT2D eigenvalue weighted by molar-refractivity contribution is -0.132. The van der Waals surface area contributed by atoms with Crippen molar-refractivity contribution >= 4 is 22.6 Å². The zero-order valence-corrected chi connectivity index (χ0v) is 16.5. The number of benzene rings is 1. The fraction of sp³-hybridized carbons (Fsp3) is 0.429. The van der Waals surface area contributed by atoms with Crippen LogP contribution in [0.15, 0.2) is 24.4 Å². The van der Waals surface area contributed by atoms with Gasteiger partial charge in [0.05, 0.1) is 11.6 Å². The van der Waals surface area contributed by atoms with Gasteiger partial charge in [0, 0.05) is 23.7 Å². The molecule has 1 amide bonds. The Kier molecular flexibility index (Phi) is 4.75. The van der Waals surface area contributed by atoms with Crippen LogP contribution in [-0.2, 0) is 17.8 Å². The predicted molar refractivity (Wildman–Crippen MR) is 106 cm³/mol. The molecular formula is C21H25N5O2. The van der Waals surface area contributed by atoms with E-state index in [1.165, 1.54) is 0 Å². The van der Waals surface area contributed by atoms with E-state index in [0.29, 0.717) is 17.9 Å². The number of para-hydroxylation sites is 1. The van der Waals surface area contributed by atoms with E-state index in [4.69, 9.17) is 0 Å². The number of aromatic amines is 1. The van der Waals surface area contributed by atoms with Gasteiger partial charge in [0.25, 0.3) is 0 Å². The summed E-state index contributed by atoms with van der Waals surface area (Å²) in [5.41, 5.74) is 2.79. The summed E-state index contributed by atoms with van der Waals surface area (Å²) in [5.74, 6) is 1.48. The van der Waals surface area contributed by atoms with Gasteiger partial charge in [-0.2, -0.15) is 5.10 Å². The van der Waals surface area contributed by atoms with Crippen LogP contribution >= 0.6 is 0 Å². The summed E-state index contributed by atoms with van der Waals surface area (Å²) in [6.45, 7) is 6.43. The molecule has 7 heteroatoms. The van der Waals surface area contributed by atoms with Crippen molar-refractivity contribution < 1.29 is 9.59 Å². The third-order valence-electron chi connectivity index (χ3n) is 5.53. The molecule has 0 aliphatic carbocycles. The van der Waals surface area contributed by atoms with Gasteiger partial charge in [0.2, 0.25) is 5.91 Å². The normalized spacial score (nSPS) is 16.8. The summed E-state index contributed by atoms with van der Waals surface area (Å²) in [6, 6.07) is 5.91. The standard InChI is InChI=1S/C21H25N5O2/c1-4-15-7-5-8-16-17(13(2)27)11-25(20(15)16)12-19(28)26-10-6-9-18(26)21-22-14(3)23-24-21/h5,7-8,11,18H,4,6,9-10,12H2,1-3H3,(H,22,23,24). The van der Waals surface area contributed by atoms with Crippen molar-refractivity contribution in [3.8, 4) is 0 Å². The number of nitrogens with zero attached hydrogens (tertiary/aromatic N) is 4. The molecule has 4 rings (SSSR count). The number of likely N-dealkylation sites (tertiary alicyclic amines) is 1. The van der Waals surface area contributed by atoms with Crippen LogP contribution in [0.4, 0.5) is 0 Å². The molecule has 0 spiro atoms. The fourth-order valence-electron chi connectivity index (χ4n) is 4.21. The lowest BCUT2D eigenvalue weighted by Crippen LogP contribution is -2.33. The average molecular weight is 379 g/mol. The number of Topliss-reactive ketones (excluding diaryl/α,β-unsaturated/α-hetero) is 1. The number of nitrogens with one attached hydrogen (secondary N) is 1. The molecule has 1 atom stereocenters. The molecule has 1 N–H and O–H groups in total. The van der Waals surface area contributed by atoms with E-state index in [-0.39, 0.29) is 24.3 Å². The number of aryl methyl sites for hydroxylation is 2. The van der Waals surface area contributed by atoms with Crippen LogP contribution in [0.25, 0.3) is 10.9 Å². The molecule has 28 heavy (non-hydrogen) atoms. The summed E-state index contributed by atoms with van der Waals surface area (Å²) in [5, 5.41) is 8.05. The van der Waals surface area contributed by atoms with E-state index in [2.05, 4.69) is 28.2 Å². The Balaban J connectivity index is 1.68. The van der Waals surface area contributed by atoms with E-state index < -0.39 is 0 Å². The van der Waals surface area contributed by atoms with Crippen LogP contribution in [0.3, 0.4) is 0 Å². The Morgan fingerprint density at radius 1 is 1.32 bits per heavy atom. The third kappa shape index (κ3) is 3.10. The summed E-state index contributed by atoms with van der Waals surface area (Å²) in [6.07, 6.45) is 4.48. The number of rotatable bonds is 5. The number of ketones is 1. The topological polar surface area (TPSA) is 83.9 Å². The van der Waals surface area contributed by atoms with Crippen molar-refractivity contribution in [1.29, 1.82) is 0 Å². The van der Waals surface area contributed by atoms with Gasteiger partial charge >= 0.3 is 0 Å². The lowest BCUT2D eigenvalue weighted by Gasteiger charge is -2.23. The van der Waals surface area contributed by atoms with Crippen molar-refractivity contribution in [3.05, 3.63) is 47.2 Å². The van der Waals surface area contributed by atoms with Crippen molar-refractivity contribution in [1.82, 2.24) is 24.6 Å². The number of amides is 1. The molecule has 1 aliphatic heterocycles. The molecule has 3 heterocycles. The maximum absolute atomic E-state index is 13.2. The van der Waals surface area contributed by atoms with Crippen LogP contribution in [0.5, 0.6) is 0 Å². The zero-order valence-electron chi connectivity index (χ0n) is 16.5. The van der Waals surface area contributed by atoms with Crippen LogP contribution in [-0.4, -0.2) is 42.9 Å². The van der Waals surface area contributed by atoms with Gasteiger partial charge in [-0.3, -0.25) is 14.7 Å².